The standard InChI is InChI=1S/C16H19Cl2N3OS/c1-4-21(5-2)15(22)12-9(3)19-16(23)20-14(12)10-7-6-8-11(17)13(10)18/h6-8,12,14H,3-5H2,1-2H3,(H2,19,20,23)/t12-,14-/m1/s1. The topological polar surface area (TPSA) is 44.4 Å². The van der Waals surface area contributed by atoms with Crippen molar-refractivity contribution in [2.45, 2.75) is 19.9 Å². The molecule has 1 heterocycles. The number of nitrogens with one attached hydrogen (secondary N) is 2. The fraction of sp³-hybridized carbons (Fsp3) is 0.375. The van der Waals surface area contributed by atoms with E-state index >= 15 is 0 Å². The summed E-state index contributed by atoms with van der Waals surface area (Å²) in [6, 6.07) is 4.95. The van der Waals surface area contributed by atoms with Gasteiger partial charge in [-0.15, -0.1) is 0 Å². The molecular formula is C16H19Cl2N3OS. The van der Waals surface area contributed by atoms with Crippen molar-refractivity contribution in [3.63, 3.8) is 0 Å². The van der Waals surface area contributed by atoms with E-state index < -0.39 is 12.0 Å². The van der Waals surface area contributed by atoms with Gasteiger partial charge in [-0.1, -0.05) is 41.9 Å². The van der Waals surface area contributed by atoms with Gasteiger partial charge in [-0.3, -0.25) is 4.79 Å². The lowest BCUT2D eigenvalue weighted by molar-refractivity contribution is -0.135. The first-order valence-corrected chi connectivity index (χ1v) is 8.56. The summed E-state index contributed by atoms with van der Waals surface area (Å²) in [6.07, 6.45) is 0. The molecule has 0 aromatic heterocycles. The lowest BCUT2D eigenvalue weighted by atomic mass is 9.87. The summed E-state index contributed by atoms with van der Waals surface area (Å²) in [7, 11) is 0. The highest BCUT2D eigenvalue weighted by Crippen LogP contribution is 2.37. The average molecular weight is 372 g/mol. The molecule has 0 bridgehead atoms. The lowest BCUT2D eigenvalue weighted by Crippen LogP contribution is -2.53. The zero-order chi connectivity index (χ0) is 17.1. The molecule has 2 rings (SSSR count). The normalized spacial score (nSPS) is 20.7. The number of carbonyl (C=O) groups is 1. The van der Waals surface area contributed by atoms with Gasteiger partial charge >= 0.3 is 0 Å². The molecule has 0 aliphatic carbocycles. The summed E-state index contributed by atoms with van der Waals surface area (Å²) >= 11 is 17.7. The fourth-order valence-corrected chi connectivity index (χ4v) is 3.41. The van der Waals surface area contributed by atoms with Crippen molar-refractivity contribution in [1.82, 2.24) is 15.5 Å². The second-order valence-electron chi connectivity index (χ2n) is 5.23. The number of hydrogen-bond acceptors (Lipinski definition) is 2. The van der Waals surface area contributed by atoms with Gasteiger partial charge in [-0.25, -0.2) is 0 Å². The maximum atomic E-state index is 12.9. The Balaban J connectivity index is 2.47. The van der Waals surface area contributed by atoms with E-state index in [2.05, 4.69) is 17.2 Å². The molecule has 124 valence electrons. The molecule has 1 fully saturated rings. The number of thiocarbonyl (C=S) groups is 1. The molecule has 2 atom stereocenters. The number of nitrogens with zero attached hydrogens (tertiary/aromatic N) is 1. The van der Waals surface area contributed by atoms with Crippen molar-refractivity contribution >= 4 is 46.4 Å². The number of hydrogen-bond donors (Lipinski definition) is 2. The number of amides is 1. The van der Waals surface area contributed by atoms with Crippen molar-refractivity contribution in [2.75, 3.05) is 13.1 Å². The Kier molecular flexibility index (Phi) is 5.89. The SMILES string of the molecule is C=C1NC(=S)N[C@H](c2cccc(Cl)c2Cl)[C@@H]1C(=O)N(CC)CC. The lowest BCUT2D eigenvalue weighted by Gasteiger charge is -2.38. The van der Waals surface area contributed by atoms with Crippen molar-refractivity contribution in [2.24, 2.45) is 5.92 Å². The van der Waals surface area contributed by atoms with Crippen LogP contribution in [0, 0.1) is 5.92 Å². The minimum atomic E-state index is -0.516. The molecule has 4 nitrogen and oxygen atoms in total. The highest BCUT2D eigenvalue weighted by molar-refractivity contribution is 7.80. The zero-order valence-electron chi connectivity index (χ0n) is 13.0. The molecule has 0 saturated carbocycles. The molecule has 1 aromatic carbocycles. The van der Waals surface area contributed by atoms with E-state index in [-0.39, 0.29) is 5.91 Å². The van der Waals surface area contributed by atoms with E-state index in [0.29, 0.717) is 33.9 Å². The van der Waals surface area contributed by atoms with Gasteiger partial charge in [-0.05, 0) is 37.7 Å². The second-order valence-corrected chi connectivity index (χ2v) is 6.43. The third-order valence-corrected chi connectivity index (χ3v) is 4.98. The Morgan fingerprint density at radius 2 is 2.00 bits per heavy atom. The van der Waals surface area contributed by atoms with Crippen LogP contribution in [0.15, 0.2) is 30.5 Å². The Morgan fingerprint density at radius 3 is 2.61 bits per heavy atom. The Hall–Kier alpha value is -1.30. The molecule has 1 aliphatic heterocycles. The van der Waals surface area contributed by atoms with E-state index in [1.54, 1.807) is 17.0 Å². The molecule has 7 heteroatoms. The van der Waals surface area contributed by atoms with Crippen LogP contribution in [0.3, 0.4) is 0 Å². The predicted molar refractivity (Wildman–Crippen MR) is 98.6 cm³/mol. The van der Waals surface area contributed by atoms with Crippen LogP contribution in [0.4, 0.5) is 0 Å². The zero-order valence-corrected chi connectivity index (χ0v) is 15.4. The first-order valence-electron chi connectivity index (χ1n) is 7.39. The number of halogens is 2. The van der Waals surface area contributed by atoms with Crippen LogP contribution < -0.4 is 10.6 Å². The van der Waals surface area contributed by atoms with E-state index in [9.17, 15) is 4.79 Å². The van der Waals surface area contributed by atoms with E-state index in [1.807, 2.05) is 19.9 Å². The van der Waals surface area contributed by atoms with Crippen LogP contribution >= 0.6 is 35.4 Å². The van der Waals surface area contributed by atoms with Gasteiger partial charge < -0.3 is 15.5 Å². The van der Waals surface area contributed by atoms with Gasteiger partial charge in [0.25, 0.3) is 0 Å². The summed E-state index contributed by atoms with van der Waals surface area (Å²) in [6.45, 7) is 9.12. The van der Waals surface area contributed by atoms with Gasteiger partial charge in [0.05, 0.1) is 16.1 Å². The van der Waals surface area contributed by atoms with Crippen LogP contribution in [-0.2, 0) is 4.79 Å². The minimum Gasteiger partial charge on any atom is -0.354 e. The maximum Gasteiger partial charge on any atom is 0.234 e. The van der Waals surface area contributed by atoms with E-state index in [0.717, 1.165) is 5.56 Å². The van der Waals surface area contributed by atoms with Crippen molar-refractivity contribution in [3.05, 3.63) is 46.1 Å². The summed E-state index contributed by atoms with van der Waals surface area (Å²) in [5.74, 6) is -0.541. The largest absolute Gasteiger partial charge is 0.354 e. The number of benzene rings is 1. The quantitative estimate of drug-likeness (QED) is 0.794. The second kappa shape index (κ2) is 7.51. The van der Waals surface area contributed by atoms with Crippen LogP contribution in [0.2, 0.25) is 10.0 Å². The molecule has 1 aliphatic rings. The Bertz CT molecular complexity index is 646. The number of rotatable bonds is 4. The molecule has 2 N–H and O–H groups in total. The van der Waals surface area contributed by atoms with Crippen LogP contribution in [-0.4, -0.2) is 29.0 Å². The van der Waals surface area contributed by atoms with Crippen molar-refractivity contribution < 1.29 is 4.79 Å². The highest BCUT2D eigenvalue weighted by atomic mass is 35.5. The molecule has 1 aromatic rings. The minimum absolute atomic E-state index is 0.0245. The monoisotopic (exact) mass is 371 g/mol. The van der Waals surface area contributed by atoms with Crippen LogP contribution in [0.1, 0.15) is 25.5 Å². The van der Waals surface area contributed by atoms with Crippen molar-refractivity contribution in [3.8, 4) is 0 Å². The predicted octanol–water partition coefficient (Wildman–Crippen LogP) is 3.51. The van der Waals surface area contributed by atoms with Crippen LogP contribution in [0.25, 0.3) is 0 Å². The molecule has 0 radical (unpaired) electrons. The fourth-order valence-electron chi connectivity index (χ4n) is 2.73. The van der Waals surface area contributed by atoms with Gasteiger partial charge in [0.15, 0.2) is 5.11 Å². The Morgan fingerprint density at radius 1 is 1.35 bits per heavy atom. The molecule has 0 unspecified atom stereocenters. The number of carbonyl (C=O) groups excluding carboxylic acids is 1. The van der Waals surface area contributed by atoms with Crippen LogP contribution in [0.5, 0.6) is 0 Å². The smallest absolute Gasteiger partial charge is 0.234 e. The van der Waals surface area contributed by atoms with Gasteiger partial charge in [0.2, 0.25) is 5.91 Å². The van der Waals surface area contributed by atoms with Gasteiger partial charge in [0.1, 0.15) is 5.92 Å². The third-order valence-electron chi connectivity index (χ3n) is 3.93. The molecular weight excluding hydrogens is 353 g/mol. The van der Waals surface area contributed by atoms with Gasteiger partial charge in [-0.2, -0.15) is 0 Å². The maximum absolute atomic E-state index is 12.9. The highest BCUT2D eigenvalue weighted by Gasteiger charge is 2.39. The summed E-state index contributed by atoms with van der Waals surface area (Å²) < 4.78 is 0. The summed E-state index contributed by atoms with van der Waals surface area (Å²) in [5, 5.41) is 7.36. The first-order chi connectivity index (χ1) is 10.9. The summed E-state index contributed by atoms with van der Waals surface area (Å²) in [4.78, 5) is 14.7. The van der Waals surface area contributed by atoms with E-state index in [1.165, 1.54) is 0 Å². The van der Waals surface area contributed by atoms with Crippen molar-refractivity contribution in [1.29, 1.82) is 0 Å². The average Bonchev–Trinajstić information content (AvgIpc) is 2.50. The van der Waals surface area contributed by atoms with Gasteiger partial charge in [0, 0.05) is 18.8 Å². The Labute approximate surface area is 151 Å². The van der Waals surface area contributed by atoms with E-state index in [4.69, 9.17) is 35.4 Å². The summed E-state index contributed by atoms with van der Waals surface area (Å²) in [5.41, 5.74) is 1.29. The first kappa shape index (κ1) is 18.0. The third kappa shape index (κ3) is 3.62. The molecule has 23 heavy (non-hydrogen) atoms. The molecule has 1 amide bonds. The molecule has 0 spiro atoms. The molecule has 1 saturated heterocycles.